The Morgan fingerprint density at radius 3 is 2.39 bits per heavy atom. The van der Waals surface area contributed by atoms with Gasteiger partial charge in [-0.3, -0.25) is 9.59 Å². The Morgan fingerprint density at radius 1 is 0.935 bits per heavy atom. The molecule has 0 aliphatic carbocycles. The summed E-state index contributed by atoms with van der Waals surface area (Å²) in [6.45, 7) is 7.98. The third kappa shape index (κ3) is 6.06. The van der Waals surface area contributed by atoms with Crippen molar-refractivity contribution in [1.29, 1.82) is 0 Å². The summed E-state index contributed by atoms with van der Waals surface area (Å²) in [5, 5.41) is 5.82. The Labute approximate surface area is 182 Å². The van der Waals surface area contributed by atoms with Gasteiger partial charge in [0.2, 0.25) is 0 Å². The van der Waals surface area contributed by atoms with E-state index >= 15 is 0 Å². The fourth-order valence-corrected chi connectivity index (χ4v) is 3.02. The van der Waals surface area contributed by atoms with Crippen molar-refractivity contribution in [1.82, 2.24) is 5.32 Å². The Morgan fingerprint density at radius 2 is 1.65 bits per heavy atom. The summed E-state index contributed by atoms with van der Waals surface area (Å²) in [6.07, 6.45) is 0. The summed E-state index contributed by atoms with van der Waals surface area (Å²) in [4.78, 5) is 25.7. The van der Waals surface area contributed by atoms with Crippen LogP contribution < -0.4 is 15.4 Å². The number of ether oxygens (including phenoxy) is 1. The molecule has 3 aromatic carbocycles. The van der Waals surface area contributed by atoms with E-state index in [0.29, 0.717) is 29.2 Å². The topological polar surface area (TPSA) is 67.4 Å². The van der Waals surface area contributed by atoms with Crippen LogP contribution >= 0.6 is 0 Å². The van der Waals surface area contributed by atoms with Crippen LogP contribution in [0.25, 0.3) is 0 Å². The third-order valence-corrected chi connectivity index (χ3v) is 4.65. The molecule has 0 radical (unpaired) electrons. The number of nitrogens with one attached hydrogen (secondary N) is 2. The molecule has 3 aromatic rings. The highest BCUT2D eigenvalue weighted by atomic mass is 16.5. The van der Waals surface area contributed by atoms with Crippen molar-refractivity contribution in [3.05, 3.63) is 108 Å². The highest BCUT2D eigenvalue weighted by Gasteiger charge is 2.17. The largest absolute Gasteiger partial charge is 0.489 e. The Bertz CT molecular complexity index is 1080. The van der Waals surface area contributed by atoms with Crippen LogP contribution in [0.2, 0.25) is 0 Å². The van der Waals surface area contributed by atoms with Crippen LogP contribution in [0.15, 0.2) is 91.0 Å². The van der Waals surface area contributed by atoms with Crippen LogP contribution in [0.5, 0.6) is 5.75 Å². The van der Waals surface area contributed by atoms with E-state index in [0.717, 1.165) is 11.1 Å². The lowest BCUT2D eigenvalue weighted by Crippen LogP contribution is -2.28. The van der Waals surface area contributed by atoms with E-state index < -0.39 is 0 Å². The van der Waals surface area contributed by atoms with E-state index in [-0.39, 0.29) is 17.9 Å². The summed E-state index contributed by atoms with van der Waals surface area (Å²) in [5.74, 6) is 0.00120. The van der Waals surface area contributed by atoms with E-state index in [4.69, 9.17) is 4.74 Å². The fraction of sp³-hybridized carbons (Fsp3) is 0.154. The first kappa shape index (κ1) is 21.8. The Kier molecular flexibility index (Phi) is 7.22. The zero-order chi connectivity index (χ0) is 22.2. The average Bonchev–Trinajstić information content (AvgIpc) is 2.78. The molecule has 0 saturated heterocycles. The minimum Gasteiger partial charge on any atom is -0.489 e. The van der Waals surface area contributed by atoms with Crippen molar-refractivity contribution in [2.75, 3.05) is 11.9 Å². The first-order valence-electron chi connectivity index (χ1n) is 10.1. The van der Waals surface area contributed by atoms with Crippen molar-refractivity contribution in [3.8, 4) is 5.75 Å². The predicted molar refractivity (Wildman–Crippen MR) is 123 cm³/mol. The Balaban J connectivity index is 1.73. The predicted octanol–water partition coefficient (Wildman–Crippen LogP) is 5.38. The van der Waals surface area contributed by atoms with Gasteiger partial charge in [-0.1, -0.05) is 55.1 Å². The molecule has 0 aliphatic rings. The quantitative estimate of drug-likeness (QED) is 0.486. The first-order valence-corrected chi connectivity index (χ1v) is 10.1. The van der Waals surface area contributed by atoms with Crippen LogP contribution in [-0.2, 0) is 0 Å². The van der Waals surface area contributed by atoms with Crippen LogP contribution in [0.3, 0.4) is 0 Å². The molecule has 1 unspecified atom stereocenters. The second-order valence-corrected chi connectivity index (χ2v) is 7.38. The van der Waals surface area contributed by atoms with Gasteiger partial charge in [-0.15, -0.1) is 0 Å². The second kappa shape index (κ2) is 10.3. The maximum absolute atomic E-state index is 12.9. The standard InChI is InChI=1S/C26H26N2O3/c1-18(2)17-31-22-13-9-12-21(16-22)25(29)28-24-15-8-7-14-23(24)26(30)27-19(3)20-10-5-4-6-11-20/h4-16,19H,1,17H2,2-3H3,(H,27,30)(H,28,29). The van der Waals surface area contributed by atoms with E-state index in [1.807, 2.05) is 44.2 Å². The summed E-state index contributed by atoms with van der Waals surface area (Å²) < 4.78 is 5.61. The molecule has 0 aromatic heterocycles. The number of rotatable bonds is 8. The van der Waals surface area contributed by atoms with Crippen molar-refractivity contribution >= 4 is 17.5 Å². The summed E-state index contributed by atoms with van der Waals surface area (Å²) >= 11 is 0. The van der Waals surface area contributed by atoms with Crippen molar-refractivity contribution in [2.45, 2.75) is 19.9 Å². The van der Waals surface area contributed by atoms with Gasteiger partial charge in [0.05, 0.1) is 17.3 Å². The molecule has 5 heteroatoms. The van der Waals surface area contributed by atoms with Crippen LogP contribution in [0.1, 0.15) is 46.2 Å². The minimum atomic E-state index is -0.322. The molecular weight excluding hydrogens is 388 g/mol. The number of benzene rings is 3. The maximum atomic E-state index is 12.9. The van der Waals surface area contributed by atoms with Crippen LogP contribution in [0.4, 0.5) is 5.69 Å². The lowest BCUT2D eigenvalue weighted by Gasteiger charge is -2.16. The molecule has 2 N–H and O–H groups in total. The highest BCUT2D eigenvalue weighted by Crippen LogP contribution is 2.20. The zero-order valence-electron chi connectivity index (χ0n) is 17.7. The number of hydrogen-bond donors (Lipinski definition) is 2. The van der Waals surface area contributed by atoms with E-state index in [9.17, 15) is 9.59 Å². The SMILES string of the molecule is C=C(C)COc1cccc(C(=O)Nc2ccccc2C(=O)NC(C)c2ccccc2)c1. The molecule has 0 heterocycles. The van der Waals surface area contributed by atoms with Gasteiger partial charge in [-0.2, -0.15) is 0 Å². The molecule has 0 spiro atoms. The number of hydrogen-bond acceptors (Lipinski definition) is 3. The van der Waals surface area contributed by atoms with E-state index in [1.54, 1.807) is 48.5 Å². The lowest BCUT2D eigenvalue weighted by atomic mass is 10.1. The van der Waals surface area contributed by atoms with Gasteiger partial charge in [0.15, 0.2) is 0 Å². The molecule has 31 heavy (non-hydrogen) atoms. The summed E-state index contributed by atoms with van der Waals surface area (Å²) in [7, 11) is 0. The summed E-state index contributed by atoms with van der Waals surface area (Å²) in [5.41, 5.74) is 3.17. The monoisotopic (exact) mass is 414 g/mol. The average molecular weight is 415 g/mol. The van der Waals surface area contributed by atoms with Crippen molar-refractivity contribution in [3.63, 3.8) is 0 Å². The van der Waals surface area contributed by atoms with Gasteiger partial charge in [0.25, 0.3) is 11.8 Å². The third-order valence-electron chi connectivity index (χ3n) is 4.65. The van der Waals surface area contributed by atoms with Gasteiger partial charge < -0.3 is 15.4 Å². The number of anilines is 1. The zero-order valence-corrected chi connectivity index (χ0v) is 17.7. The molecule has 0 aliphatic heterocycles. The van der Waals surface area contributed by atoms with E-state index in [2.05, 4.69) is 17.2 Å². The molecule has 0 saturated carbocycles. The molecule has 5 nitrogen and oxygen atoms in total. The highest BCUT2D eigenvalue weighted by molar-refractivity contribution is 6.09. The van der Waals surface area contributed by atoms with Gasteiger partial charge in [-0.25, -0.2) is 0 Å². The first-order chi connectivity index (χ1) is 14.9. The van der Waals surface area contributed by atoms with Gasteiger partial charge in [0.1, 0.15) is 12.4 Å². The normalized spacial score (nSPS) is 11.3. The number of amides is 2. The second-order valence-electron chi connectivity index (χ2n) is 7.38. The number of carbonyl (C=O) groups excluding carboxylic acids is 2. The molecule has 0 fully saturated rings. The van der Waals surface area contributed by atoms with Crippen LogP contribution in [0, 0.1) is 0 Å². The van der Waals surface area contributed by atoms with Crippen molar-refractivity contribution in [2.24, 2.45) is 0 Å². The van der Waals surface area contributed by atoms with Gasteiger partial charge in [-0.05, 0) is 55.3 Å². The van der Waals surface area contributed by atoms with Gasteiger partial charge in [0, 0.05) is 5.56 Å². The van der Waals surface area contributed by atoms with Gasteiger partial charge >= 0.3 is 0 Å². The molecular formula is C26H26N2O3. The van der Waals surface area contributed by atoms with E-state index in [1.165, 1.54) is 0 Å². The molecule has 158 valence electrons. The maximum Gasteiger partial charge on any atom is 0.255 e. The molecule has 1 atom stereocenters. The lowest BCUT2D eigenvalue weighted by molar-refractivity contribution is 0.0940. The minimum absolute atomic E-state index is 0.167. The number of carbonyl (C=O) groups is 2. The Hall–Kier alpha value is -3.86. The number of para-hydroxylation sites is 1. The fourth-order valence-electron chi connectivity index (χ4n) is 3.02. The van der Waals surface area contributed by atoms with Crippen molar-refractivity contribution < 1.29 is 14.3 Å². The molecule has 2 amide bonds. The summed E-state index contributed by atoms with van der Waals surface area (Å²) in [6, 6.07) is 23.4. The van der Waals surface area contributed by atoms with Crippen LogP contribution in [-0.4, -0.2) is 18.4 Å². The smallest absolute Gasteiger partial charge is 0.255 e. The molecule has 3 rings (SSSR count). The molecule has 0 bridgehead atoms.